The van der Waals surface area contributed by atoms with Crippen LogP contribution in [0.25, 0.3) is 10.9 Å². The first-order valence-electron chi connectivity index (χ1n) is 5.93. The number of aromatic nitrogens is 1. The van der Waals surface area contributed by atoms with Crippen LogP contribution in [-0.4, -0.2) is 39.3 Å². The summed E-state index contributed by atoms with van der Waals surface area (Å²) in [5, 5.41) is 19.7. The summed E-state index contributed by atoms with van der Waals surface area (Å²) < 4.78 is 0. The van der Waals surface area contributed by atoms with Crippen molar-refractivity contribution in [3.8, 4) is 5.75 Å². The molecule has 0 spiro atoms. The summed E-state index contributed by atoms with van der Waals surface area (Å²) in [7, 11) is 0. The highest BCUT2D eigenvalue weighted by Gasteiger charge is 2.29. The summed E-state index contributed by atoms with van der Waals surface area (Å²) in [5.41, 5.74) is 1.89. The Balaban J connectivity index is 1.98. The van der Waals surface area contributed by atoms with E-state index in [4.69, 9.17) is 5.11 Å². The standard InChI is InChI=1S/C13H14N2O3/c16-11-3-1-2-10-12(11)9(6-14-10)8-4-5-15(7-8)13(17)18/h1-3,6,8,14,16H,4-5,7H2,(H,17,18). The van der Waals surface area contributed by atoms with Crippen LogP contribution in [-0.2, 0) is 0 Å². The maximum atomic E-state index is 10.9. The fraction of sp³-hybridized carbons (Fsp3) is 0.308. The van der Waals surface area contributed by atoms with Gasteiger partial charge in [0.25, 0.3) is 0 Å². The van der Waals surface area contributed by atoms with Gasteiger partial charge in [-0.15, -0.1) is 0 Å². The largest absolute Gasteiger partial charge is 0.507 e. The Hall–Kier alpha value is -2.17. The third-order valence-corrected chi connectivity index (χ3v) is 3.61. The van der Waals surface area contributed by atoms with Gasteiger partial charge in [-0.1, -0.05) is 6.07 Å². The Bertz CT molecular complexity index is 605. The molecular formula is C13H14N2O3. The third-order valence-electron chi connectivity index (χ3n) is 3.61. The Labute approximate surface area is 104 Å². The molecule has 0 radical (unpaired) electrons. The Morgan fingerprint density at radius 1 is 1.44 bits per heavy atom. The monoisotopic (exact) mass is 246 g/mol. The van der Waals surface area contributed by atoms with Crippen molar-refractivity contribution in [2.24, 2.45) is 0 Å². The maximum Gasteiger partial charge on any atom is 0.407 e. The van der Waals surface area contributed by atoms with Gasteiger partial charge in [-0.3, -0.25) is 0 Å². The lowest BCUT2D eigenvalue weighted by molar-refractivity contribution is 0.155. The van der Waals surface area contributed by atoms with Crippen LogP contribution in [0.4, 0.5) is 4.79 Å². The number of nitrogens with zero attached hydrogens (tertiary/aromatic N) is 1. The number of nitrogens with one attached hydrogen (secondary N) is 1. The number of carbonyl (C=O) groups is 1. The molecule has 5 nitrogen and oxygen atoms in total. The van der Waals surface area contributed by atoms with Crippen molar-refractivity contribution in [2.45, 2.75) is 12.3 Å². The molecule has 0 saturated carbocycles. The number of amides is 1. The van der Waals surface area contributed by atoms with E-state index in [1.165, 1.54) is 4.90 Å². The van der Waals surface area contributed by atoms with Crippen LogP contribution in [0.3, 0.4) is 0 Å². The fourth-order valence-electron chi connectivity index (χ4n) is 2.70. The van der Waals surface area contributed by atoms with Gasteiger partial charge in [-0.25, -0.2) is 4.79 Å². The smallest absolute Gasteiger partial charge is 0.407 e. The molecule has 1 amide bonds. The lowest BCUT2D eigenvalue weighted by atomic mass is 9.97. The highest BCUT2D eigenvalue weighted by Crippen LogP contribution is 2.36. The molecular weight excluding hydrogens is 232 g/mol. The Morgan fingerprint density at radius 3 is 3.00 bits per heavy atom. The summed E-state index contributed by atoms with van der Waals surface area (Å²) in [4.78, 5) is 15.5. The van der Waals surface area contributed by atoms with Crippen molar-refractivity contribution in [2.75, 3.05) is 13.1 Å². The SMILES string of the molecule is O=C(O)N1CCC(c2c[nH]c3cccc(O)c23)C1. The number of hydrogen-bond donors (Lipinski definition) is 3. The first-order chi connectivity index (χ1) is 8.66. The Morgan fingerprint density at radius 2 is 2.28 bits per heavy atom. The molecule has 1 aliphatic rings. The minimum absolute atomic E-state index is 0.156. The minimum atomic E-state index is -0.874. The van der Waals surface area contributed by atoms with E-state index in [9.17, 15) is 9.90 Å². The number of benzene rings is 1. The van der Waals surface area contributed by atoms with Crippen LogP contribution in [0.1, 0.15) is 17.9 Å². The third kappa shape index (κ3) is 1.59. The van der Waals surface area contributed by atoms with Gasteiger partial charge in [0, 0.05) is 36.1 Å². The van der Waals surface area contributed by atoms with Gasteiger partial charge >= 0.3 is 6.09 Å². The molecule has 0 bridgehead atoms. The number of hydrogen-bond acceptors (Lipinski definition) is 2. The first kappa shape index (κ1) is 11.0. The number of H-pyrrole nitrogens is 1. The second kappa shape index (κ2) is 3.94. The zero-order valence-corrected chi connectivity index (χ0v) is 9.76. The van der Waals surface area contributed by atoms with Gasteiger partial charge in [0.15, 0.2) is 0 Å². The number of fused-ring (bicyclic) bond motifs is 1. The molecule has 1 fully saturated rings. The summed E-state index contributed by atoms with van der Waals surface area (Å²) in [6, 6.07) is 5.35. The first-order valence-corrected chi connectivity index (χ1v) is 5.93. The van der Waals surface area contributed by atoms with Crippen molar-refractivity contribution < 1.29 is 15.0 Å². The van der Waals surface area contributed by atoms with Gasteiger partial charge in [0.2, 0.25) is 0 Å². The predicted molar refractivity (Wildman–Crippen MR) is 66.9 cm³/mol. The fourth-order valence-corrected chi connectivity index (χ4v) is 2.70. The molecule has 3 rings (SSSR count). The number of phenolic OH excluding ortho intramolecular Hbond substituents is 1. The number of phenols is 1. The molecule has 3 N–H and O–H groups in total. The van der Waals surface area contributed by atoms with Crippen molar-refractivity contribution in [3.63, 3.8) is 0 Å². The van der Waals surface area contributed by atoms with Crippen LogP contribution < -0.4 is 0 Å². The van der Waals surface area contributed by atoms with E-state index in [0.29, 0.717) is 13.1 Å². The van der Waals surface area contributed by atoms with Gasteiger partial charge < -0.3 is 20.1 Å². The molecule has 1 aromatic heterocycles. The predicted octanol–water partition coefficient (Wildman–Crippen LogP) is 2.34. The van der Waals surface area contributed by atoms with Gasteiger partial charge in [-0.05, 0) is 24.1 Å². The topological polar surface area (TPSA) is 76.6 Å². The average Bonchev–Trinajstić information content (AvgIpc) is 2.94. The lowest BCUT2D eigenvalue weighted by Crippen LogP contribution is -2.26. The van der Waals surface area contributed by atoms with E-state index in [2.05, 4.69) is 4.98 Å². The number of aromatic hydroxyl groups is 1. The molecule has 18 heavy (non-hydrogen) atoms. The average molecular weight is 246 g/mol. The van der Waals surface area contributed by atoms with Gasteiger partial charge in [-0.2, -0.15) is 0 Å². The summed E-state index contributed by atoms with van der Waals surface area (Å²) in [6.07, 6.45) is 1.80. The minimum Gasteiger partial charge on any atom is -0.507 e. The normalized spacial score (nSPS) is 19.6. The van der Waals surface area contributed by atoms with Crippen LogP contribution in [0.5, 0.6) is 5.75 Å². The van der Waals surface area contributed by atoms with E-state index in [1.807, 2.05) is 12.3 Å². The number of aromatic amines is 1. The van der Waals surface area contributed by atoms with E-state index < -0.39 is 6.09 Å². The second-order valence-electron chi connectivity index (χ2n) is 4.66. The molecule has 1 aliphatic heterocycles. The van der Waals surface area contributed by atoms with Crippen LogP contribution in [0.2, 0.25) is 0 Å². The zero-order valence-electron chi connectivity index (χ0n) is 9.76. The molecule has 2 heterocycles. The van der Waals surface area contributed by atoms with Crippen molar-refractivity contribution >= 4 is 17.0 Å². The molecule has 1 atom stereocenters. The zero-order chi connectivity index (χ0) is 12.7. The highest BCUT2D eigenvalue weighted by atomic mass is 16.4. The number of likely N-dealkylation sites (tertiary alicyclic amines) is 1. The summed E-state index contributed by atoms with van der Waals surface area (Å²) in [5.74, 6) is 0.403. The number of carboxylic acid groups (broad SMARTS) is 1. The quantitative estimate of drug-likeness (QED) is 0.722. The summed E-state index contributed by atoms with van der Waals surface area (Å²) in [6.45, 7) is 1.05. The van der Waals surface area contributed by atoms with Crippen LogP contribution in [0, 0.1) is 0 Å². The van der Waals surface area contributed by atoms with Crippen LogP contribution in [0.15, 0.2) is 24.4 Å². The van der Waals surface area contributed by atoms with E-state index in [-0.39, 0.29) is 11.7 Å². The molecule has 0 aliphatic carbocycles. The molecule has 1 unspecified atom stereocenters. The highest BCUT2D eigenvalue weighted by molar-refractivity contribution is 5.89. The molecule has 94 valence electrons. The van der Waals surface area contributed by atoms with Gasteiger partial charge in [0.05, 0.1) is 0 Å². The van der Waals surface area contributed by atoms with Gasteiger partial charge in [0.1, 0.15) is 5.75 Å². The summed E-state index contributed by atoms with van der Waals surface area (Å²) >= 11 is 0. The maximum absolute atomic E-state index is 10.9. The van der Waals surface area contributed by atoms with E-state index in [0.717, 1.165) is 22.9 Å². The molecule has 2 aromatic rings. The second-order valence-corrected chi connectivity index (χ2v) is 4.66. The number of rotatable bonds is 1. The molecule has 1 saturated heterocycles. The molecule has 1 aromatic carbocycles. The van der Waals surface area contributed by atoms with Crippen molar-refractivity contribution in [1.82, 2.24) is 9.88 Å². The van der Waals surface area contributed by atoms with Crippen molar-refractivity contribution in [1.29, 1.82) is 0 Å². The van der Waals surface area contributed by atoms with E-state index in [1.54, 1.807) is 12.1 Å². The Kier molecular flexibility index (Phi) is 2.40. The van der Waals surface area contributed by atoms with Crippen molar-refractivity contribution in [3.05, 3.63) is 30.0 Å². The lowest BCUT2D eigenvalue weighted by Gasteiger charge is -2.12. The molecule has 5 heteroatoms. The van der Waals surface area contributed by atoms with E-state index >= 15 is 0 Å². The van der Waals surface area contributed by atoms with Crippen LogP contribution >= 0.6 is 0 Å².